The molecule has 0 radical (unpaired) electrons. The van der Waals surface area contributed by atoms with E-state index in [0.717, 1.165) is 28.2 Å². The highest BCUT2D eigenvalue weighted by Gasteiger charge is 2.46. The maximum Gasteiger partial charge on any atom is 0.0714 e. The Kier molecular flexibility index (Phi) is 11.2. The van der Waals surface area contributed by atoms with Gasteiger partial charge in [0.05, 0.1) is 11.1 Å². The second-order valence-corrected chi connectivity index (χ2v) is 19.9. The lowest BCUT2D eigenvalue weighted by molar-refractivity contribution is 0.768. The van der Waals surface area contributed by atoms with Crippen LogP contribution < -0.4 is 4.90 Å². The van der Waals surface area contributed by atoms with Crippen molar-refractivity contribution in [1.82, 2.24) is 0 Å². The first-order valence-corrected chi connectivity index (χ1v) is 26.3. The highest BCUT2D eigenvalue weighted by Crippen LogP contribution is 2.58. The van der Waals surface area contributed by atoms with Crippen LogP contribution in [0.25, 0.3) is 88.3 Å². The lowest BCUT2D eigenvalue weighted by Gasteiger charge is -2.35. The molecule has 13 aromatic carbocycles. The van der Waals surface area contributed by atoms with Gasteiger partial charge >= 0.3 is 0 Å². The van der Waals surface area contributed by atoms with Crippen molar-refractivity contribution in [3.8, 4) is 66.8 Å². The first kappa shape index (κ1) is 44.8. The molecule has 0 bridgehead atoms. The second-order valence-electron chi connectivity index (χ2n) is 19.9. The van der Waals surface area contributed by atoms with E-state index in [0.29, 0.717) is 0 Å². The van der Waals surface area contributed by atoms with Crippen LogP contribution >= 0.6 is 0 Å². The van der Waals surface area contributed by atoms with E-state index >= 15 is 0 Å². The van der Waals surface area contributed by atoms with E-state index in [-0.39, 0.29) is 0 Å². The highest BCUT2D eigenvalue weighted by molar-refractivity contribution is 6.22. The Hall–Kier alpha value is -9.82. The summed E-state index contributed by atoms with van der Waals surface area (Å²) in [6.07, 6.45) is 0. The number of benzene rings is 13. The van der Waals surface area contributed by atoms with Gasteiger partial charge in [0.1, 0.15) is 0 Å². The molecule has 0 atom stereocenters. The average Bonchev–Trinajstić information content (AvgIpc) is 3.88. The van der Waals surface area contributed by atoms with Crippen molar-refractivity contribution in [2.24, 2.45) is 0 Å². The molecule has 0 aromatic heterocycles. The van der Waals surface area contributed by atoms with E-state index in [9.17, 15) is 0 Å². The van der Waals surface area contributed by atoms with Gasteiger partial charge in [-0.05, 0) is 130 Å². The van der Waals surface area contributed by atoms with Crippen molar-refractivity contribution < 1.29 is 0 Å². The normalized spacial score (nSPS) is 12.3. The molecule has 1 heteroatoms. The summed E-state index contributed by atoms with van der Waals surface area (Å²) in [7, 11) is 0. The van der Waals surface area contributed by atoms with E-state index in [1.165, 1.54) is 99.4 Å². The van der Waals surface area contributed by atoms with Gasteiger partial charge in [-0.15, -0.1) is 0 Å². The van der Waals surface area contributed by atoms with E-state index < -0.39 is 5.41 Å². The molecule has 356 valence electrons. The fourth-order valence-corrected chi connectivity index (χ4v) is 12.4. The molecule has 14 rings (SSSR count). The Morgan fingerprint density at radius 2 is 0.632 bits per heavy atom. The third-order valence-corrected chi connectivity index (χ3v) is 15.8. The smallest absolute Gasteiger partial charge is 0.0714 e. The zero-order chi connectivity index (χ0) is 50.4. The van der Waals surface area contributed by atoms with Crippen LogP contribution in [0.4, 0.5) is 17.1 Å². The van der Waals surface area contributed by atoms with Crippen LogP contribution in [0.1, 0.15) is 22.3 Å². The molecule has 0 N–H and O–H groups in total. The molecule has 0 unspecified atom stereocenters. The Morgan fingerprint density at radius 3 is 1.25 bits per heavy atom. The molecule has 0 heterocycles. The van der Waals surface area contributed by atoms with E-state index in [1.54, 1.807) is 0 Å². The fourth-order valence-electron chi connectivity index (χ4n) is 12.4. The van der Waals surface area contributed by atoms with Gasteiger partial charge in [0.15, 0.2) is 0 Å². The van der Waals surface area contributed by atoms with Crippen LogP contribution in [-0.4, -0.2) is 0 Å². The number of hydrogen-bond acceptors (Lipinski definition) is 1. The summed E-state index contributed by atoms with van der Waals surface area (Å²) < 4.78 is 0. The maximum atomic E-state index is 2.55. The van der Waals surface area contributed by atoms with Gasteiger partial charge in [-0.1, -0.05) is 279 Å². The van der Waals surface area contributed by atoms with Gasteiger partial charge in [-0.25, -0.2) is 0 Å². The number of anilines is 3. The molecule has 0 saturated carbocycles. The van der Waals surface area contributed by atoms with Gasteiger partial charge in [0.2, 0.25) is 0 Å². The van der Waals surface area contributed by atoms with E-state index in [1.807, 2.05) is 0 Å². The van der Waals surface area contributed by atoms with Crippen LogP contribution in [0, 0.1) is 0 Å². The molecule has 0 saturated heterocycles. The van der Waals surface area contributed by atoms with Crippen molar-refractivity contribution in [1.29, 1.82) is 0 Å². The molecule has 13 aromatic rings. The van der Waals surface area contributed by atoms with E-state index in [2.05, 4.69) is 314 Å². The number of nitrogens with zero attached hydrogens (tertiary/aromatic N) is 1. The summed E-state index contributed by atoms with van der Waals surface area (Å²) in [6.45, 7) is 0. The largest absolute Gasteiger partial charge is 0.309 e. The molecule has 0 aliphatic heterocycles. The molecule has 0 fully saturated rings. The predicted octanol–water partition coefficient (Wildman–Crippen LogP) is 20.2. The molecule has 1 nitrogen and oxygen atoms in total. The zero-order valence-electron chi connectivity index (χ0n) is 41.9. The summed E-state index contributed by atoms with van der Waals surface area (Å²) >= 11 is 0. The Morgan fingerprint density at radius 1 is 0.224 bits per heavy atom. The van der Waals surface area contributed by atoms with Crippen LogP contribution in [0.15, 0.2) is 309 Å². The summed E-state index contributed by atoms with van der Waals surface area (Å²) in [5.41, 5.74) is 22.1. The van der Waals surface area contributed by atoms with Gasteiger partial charge in [0.25, 0.3) is 0 Å². The van der Waals surface area contributed by atoms with Crippen molar-refractivity contribution in [3.63, 3.8) is 0 Å². The van der Waals surface area contributed by atoms with Gasteiger partial charge in [0, 0.05) is 22.3 Å². The lowest BCUT2D eigenvalue weighted by atomic mass is 9.67. The SMILES string of the molecule is c1ccc(-c2cccc(-c3ccc(N(c4ccc5c(c4)C(c4ccccc4)(c4ccccc4)c4ccccc4-5)c4c(-c5ccc(-c6ccccc6-c6ccccc6)cc5)c5ccccc5c5ccccc45)cc3)c2)cc1. The van der Waals surface area contributed by atoms with Crippen LogP contribution in [0.3, 0.4) is 0 Å². The Balaban J connectivity index is 1.03. The standard InChI is InChI=1S/C75H51N/c1-5-22-52(23-6-1)57-26-21-27-58(50-57)53-44-46-61(47-45-53)76(62-48-49-68-67-36-19-20-39-71(67)75(72(68)51-62,59-28-9-3-10-29-59)60-30-11-4-12-31-60)74-70-38-18-16-35-66(70)65-34-15-17-37-69(65)73(74)56-42-40-55(41-43-56)64-33-14-13-32-63(64)54-24-7-2-8-25-54/h1-51H. The first-order valence-electron chi connectivity index (χ1n) is 26.3. The summed E-state index contributed by atoms with van der Waals surface area (Å²) in [5, 5.41) is 4.81. The molecule has 76 heavy (non-hydrogen) atoms. The van der Waals surface area contributed by atoms with Gasteiger partial charge in [-0.2, -0.15) is 0 Å². The van der Waals surface area contributed by atoms with Crippen molar-refractivity contribution in [2.45, 2.75) is 5.41 Å². The molecular weight excluding hydrogens is 915 g/mol. The van der Waals surface area contributed by atoms with Crippen LogP contribution in [0.5, 0.6) is 0 Å². The van der Waals surface area contributed by atoms with Crippen LogP contribution in [0.2, 0.25) is 0 Å². The molecular formula is C75H51N. The Labute approximate surface area is 444 Å². The number of hydrogen-bond donors (Lipinski definition) is 0. The number of rotatable bonds is 10. The first-order chi connectivity index (χ1) is 37.7. The highest BCUT2D eigenvalue weighted by atomic mass is 15.1. The maximum absolute atomic E-state index is 2.55. The molecule has 0 spiro atoms. The quantitative estimate of drug-likeness (QED) is 0.123. The molecule has 1 aliphatic rings. The fraction of sp³-hybridized carbons (Fsp3) is 0.0133. The van der Waals surface area contributed by atoms with Crippen molar-refractivity contribution in [2.75, 3.05) is 4.90 Å². The Bertz CT molecular complexity index is 4200. The second kappa shape index (κ2) is 18.9. The minimum absolute atomic E-state index is 0.579. The summed E-state index contributed by atoms with van der Waals surface area (Å²) in [6, 6.07) is 114. The van der Waals surface area contributed by atoms with Crippen molar-refractivity contribution >= 4 is 38.6 Å². The third-order valence-electron chi connectivity index (χ3n) is 15.8. The summed E-state index contributed by atoms with van der Waals surface area (Å²) in [4.78, 5) is 2.55. The average molecular weight is 966 g/mol. The zero-order valence-corrected chi connectivity index (χ0v) is 41.9. The lowest BCUT2D eigenvalue weighted by Crippen LogP contribution is -2.28. The third kappa shape index (κ3) is 7.47. The summed E-state index contributed by atoms with van der Waals surface area (Å²) in [5.74, 6) is 0. The monoisotopic (exact) mass is 965 g/mol. The van der Waals surface area contributed by atoms with Crippen molar-refractivity contribution in [3.05, 3.63) is 332 Å². The molecule has 1 aliphatic carbocycles. The van der Waals surface area contributed by atoms with Gasteiger partial charge < -0.3 is 4.90 Å². The van der Waals surface area contributed by atoms with Gasteiger partial charge in [-0.3, -0.25) is 0 Å². The predicted molar refractivity (Wildman–Crippen MR) is 321 cm³/mol. The minimum atomic E-state index is -0.579. The topological polar surface area (TPSA) is 3.24 Å². The van der Waals surface area contributed by atoms with E-state index in [4.69, 9.17) is 0 Å². The van der Waals surface area contributed by atoms with Crippen LogP contribution in [-0.2, 0) is 5.41 Å². The minimum Gasteiger partial charge on any atom is -0.309 e. The molecule has 0 amide bonds. The number of fused-ring (bicyclic) bond motifs is 6.